The molecule has 1 saturated carbocycles. The van der Waals surface area contributed by atoms with E-state index >= 15 is 0 Å². The molecule has 0 radical (unpaired) electrons. The standard InChI is InChI=1S/C42H57BrClF4N7O7/c1-6-28(50-36(58)32-21-26(45)22-55(32)40(62)41(14-15-41)42(46,47)48)37(59)52(4)30-10-7-8-16-49-34(56)31-11-9-17-54(31)39(61)33(20-24-19-25(43)12-13-27(24)44)53(5)38(60)29(18-23(2)3)51-35(30)57/h12-13,19,23,26,28-33H,6-11,14-18,20-22H2,1-5H3,(H,49,56)(H,50,58)(H,51,57)/t26-,28+,29+,30+,31-,32+,33+/m1/s1. The van der Waals surface area contributed by atoms with Gasteiger partial charge in [0.1, 0.15) is 47.8 Å². The predicted molar refractivity (Wildman–Crippen MR) is 224 cm³/mol. The zero-order valence-corrected chi connectivity index (χ0v) is 38.0. The maximum Gasteiger partial charge on any atom is 0.403 e. The van der Waals surface area contributed by atoms with Gasteiger partial charge < -0.3 is 35.6 Å². The topological polar surface area (TPSA) is 169 Å². The molecule has 3 N–H and O–H groups in total. The van der Waals surface area contributed by atoms with Crippen LogP contribution in [0.3, 0.4) is 0 Å². The molecule has 5 rings (SSSR count). The molecule has 14 nitrogen and oxygen atoms in total. The zero-order valence-electron chi connectivity index (χ0n) is 35.7. The average molecular weight is 963 g/mol. The molecule has 344 valence electrons. The minimum Gasteiger partial charge on any atom is -0.354 e. The molecule has 3 aliphatic heterocycles. The van der Waals surface area contributed by atoms with Gasteiger partial charge in [-0.3, -0.25) is 33.6 Å². The first-order valence-electron chi connectivity index (χ1n) is 21.3. The Kier molecular flexibility index (Phi) is 16.0. The summed E-state index contributed by atoms with van der Waals surface area (Å²) in [5, 5.41) is 8.61. The number of halogens is 6. The summed E-state index contributed by atoms with van der Waals surface area (Å²) >= 11 is 10.0. The van der Waals surface area contributed by atoms with Crippen molar-refractivity contribution in [2.24, 2.45) is 11.3 Å². The van der Waals surface area contributed by atoms with E-state index in [0.29, 0.717) is 52.2 Å². The second-order valence-corrected chi connectivity index (χ2v) is 18.7. The average Bonchev–Trinajstić information content (AvgIpc) is 3.74. The van der Waals surface area contributed by atoms with Crippen LogP contribution in [-0.4, -0.2) is 143 Å². The number of fused-ring (bicyclic) bond motifs is 1. The van der Waals surface area contributed by atoms with Gasteiger partial charge in [0.25, 0.3) is 0 Å². The summed E-state index contributed by atoms with van der Waals surface area (Å²) in [5.74, 6) is -5.33. The van der Waals surface area contributed by atoms with E-state index in [1.54, 1.807) is 25.1 Å². The van der Waals surface area contributed by atoms with E-state index in [-0.39, 0.29) is 44.1 Å². The zero-order chi connectivity index (χ0) is 45.8. The molecule has 0 bridgehead atoms. The number of alkyl halides is 4. The van der Waals surface area contributed by atoms with Crippen LogP contribution in [0.1, 0.15) is 90.5 Å². The highest BCUT2D eigenvalue weighted by molar-refractivity contribution is 9.10. The van der Waals surface area contributed by atoms with Crippen LogP contribution in [0.5, 0.6) is 0 Å². The quantitative estimate of drug-likeness (QED) is 0.294. The second-order valence-electron chi connectivity index (χ2n) is 17.4. The largest absolute Gasteiger partial charge is 0.403 e. The van der Waals surface area contributed by atoms with Crippen LogP contribution >= 0.6 is 27.5 Å². The van der Waals surface area contributed by atoms with Crippen molar-refractivity contribution in [2.45, 2.75) is 140 Å². The van der Waals surface area contributed by atoms with Crippen LogP contribution in [0.15, 0.2) is 22.7 Å². The van der Waals surface area contributed by atoms with Crippen molar-refractivity contribution in [1.82, 2.24) is 35.6 Å². The van der Waals surface area contributed by atoms with Crippen LogP contribution in [0.4, 0.5) is 17.6 Å². The van der Waals surface area contributed by atoms with Crippen molar-refractivity contribution >= 4 is 68.9 Å². The van der Waals surface area contributed by atoms with Crippen molar-refractivity contribution < 1.29 is 51.1 Å². The lowest BCUT2D eigenvalue weighted by Gasteiger charge is -2.36. The molecule has 4 fully saturated rings. The molecule has 0 aromatic heterocycles. The maximum absolute atomic E-state index is 14.7. The highest BCUT2D eigenvalue weighted by atomic mass is 79.9. The van der Waals surface area contributed by atoms with Crippen LogP contribution in [-0.2, 0) is 40.0 Å². The van der Waals surface area contributed by atoms with Crippen molar-refractivity contribution in [3.05, 3.63) is 33.3 Å². The first kappa shape index (κ1) is 49.0. The summed E-state index contributed by atoms with van der Waals surface area (Å²) in [5.41, 5.74) is -2.10. The number of likely N-dealkylation sites (N-methyl/N-ethyl adjacent to an activating group) is 2. The molecule has 4 aliphatic rings. The first-order chi connectivity index (χ1) is 29.1. The normalized spacial score (nSPS) is 26.8. The SMILES string of the molecule is CC[C@H](NC(=O)[C@@H]1C[C@@H](F)CN1C(=O)C1(C(F)(F)F)CC1)C(=O)N(C)[C@H]1CCCCNC(=O)[C@H]2CCCN2C(=O)[C@H](Cc2cc(Br)ccc2Cl)N(C)C(=O)[C@H](CC(C)C)NC1=O. The molecule has 20 heteroatoms. The summed E-state index contributed by atoms with van der Waals surface area (Å²) < 4.78 is 56.9. The van der Waals surface area contributed by atoms with Gasteiger partial charge in [-0.05, 0) is 87.5 Å². The Morgan fingerprint density at radius 2 is 1.74 bits per heavy atom. The van der Waals surface area contributed by atoms with E-state index in [4.69, 9.17) is 11.6 Å². The number of hydrogen-bond donors (Lipinski definition) is 3. The third-order valence-corrected chi connectivity index (χ3v) is 13.4. The number of carbonyl (C=O) groups excluding carboxylic acids is 7. The summed E-state index contributed by atoms with van der Waals surface area (Å²) in [4.78, 5) is 102. The molecule has 7 atom stereocenters. The minimum absolute atomic E-state index is 0.00150. The third kappa shape index (κ3) is 10.8. The van der Waals surface area contributed by atoms with E-state index in [1.807, 2.05) is 13.8 Å². The van der Waals surface area contributed by atoms with Gasteiger partial charge in [0.2, 0.25) is 41.4 Å². The molecule has 3 heterocycles. The summed E-state index contributed by atoms with van der Waals surface area (Å²) in [6, 6.07) is -2.03. The Balaban J connectivity index is 1.41. The third-order valence-electron chi connectivity index (χ3n) is 12.5. The molecule has 0 spiro atoms. The molecular formula is C42H57BrClF4N7O7. The lowest BCUT2D eigenvalue weighted by molar-refractivity contribution is -0.199. The summed E-state index contributed by atoms with van der Waals surface area (Å²) in [7, 11) is 2.81. The number of nitrogens with one attached hydrogen (secondary N) is 3. The van der Waals surface area contributed by atoms with Gasteiger partial charge in [-0.1, -0.05) is 48.3 Å². The van der Waals surface area contributed by atoms with Crippen molar-refractivity contribution in [3.8, 4) is 0 Å². The van der Waals surface area contributed by atoms with E-state index in [9.17, 15) is 51.1 Å². The monoisotopic (exact) mass is 961 g/mol. The van der Waals surface area contributed by atoms with Gasteiger partial charge in [-0.2, -0.15) is 13.2 Å². The predicted octanol–water partition coefficient (Wildman–Crippen LogP) is 4.30. The van der Waals surface area contributed by atoms with Gasteiger partial charge in [-0.15, -0.1) is 0 Å². The van der Waals surface area contributed by atoms with E-state index < -0.39 is 115 Å². The molecule has 1 aliphatic carbocycles. The molecular weight excluding hydrogens is 906 g/mol. The Bertz CT molecular complexity index is 1890. The molecule has 0 unspecified atom stereocenters. The Labute approximate surface area is 372 Å². The second kappa shape index (κ2) is 20.2. The van der Waals surface area contributed by atoms with Gasteiger partial charge in [0.05, 0.1) is 6.54 Å². The minimum atomic E-state index is -4.88. The van der Waals surface area contributed by atoms with Gasteiger partial charge in [0.15, 0.2) is 0 Å². The Morgan fingerprint density at radius 3 is 2.37 bits per heavy atom. The number of carbonyl (C=O) groups is 7. The fraction of sp³-hybridized carbons (Fsp3) is 0.690. The van der Waals surface area contributed by atoms with Crippen molar-refractivity contribution in [1.29, 1.82) is 0 Å². The number of hydrogen-bond acceptors (Lipinski definition) is 7. The molecule has 3 saturated heterocycles. The van der Waals surface area contributed by atoms with E-state index in [2.05, 4.69) is 31.9 Å². The number of likely N-dealkylation sites (tertiary alicyclic amines) is 1. The van der Waals surface area contributed by atoms with Crippen molar-refractivity contribution in [3.63, 3.8) is 0 Å². The Hall–Kier alpha value is -4.00. The Morgan fingerprint density at radius 1 is 1.05 bits per heavy atom. The van der Waals surface area contributed by atoms with Gasteiger partial charge in [-0.25, -0.2) is 4.39 Å². The highest BCUT2D eigenvalue weighted by Gasteiger charge is 2.70. The number of rotatable bonds is 10. The van der Waals surface area contributed by atoms with Gasteiger partial charge in [0, 0.05) is 49.5 Å². The van der Waals surface area contributed by atoms with E-state index in [0.717, 1.165) is 4.90 Å². The maximum atomic E-state index is 14.7. The van der Waals surface area contributed by atoms with Crippen molar-refractivity contribution in [2.75, 3.05) is 33.7 Å². The lowest BCUT2D eigenvalue weighted by Crippen LogP contribution is -2.60. The molecule has 62 heavy (non-hydrogen) atoms. The first-order valence-corrected chi connectivity index (χ1v) is 22.5. The van der Waals surface area contributed by atoms with Crippen LogP contribution in [0.2, 0.25) is 5.02 Å². The van der Waals surface area contributed by atoms with Crippen LogP contribution < -0.4 is 16.0 Å². The highest BCUT2D eigenvalue weighted by Crippen LogP contribution is 2.59. The number of amides is 7. The van der Waals surface area contributed by atoms with E-state index in [1.165, 1.54) is 23.9 Å². The number of nitrogens with zero attached hydrogens (tertiary/aromatic N) is 4. The summed E-state index contributed by atoms with van der Waals surface area (Å²) in [6.07, 6.45) is -6.22. The number of benzene rings is 1. The molecule has 7 amide bonds. The summed E-state index contributed by atoms with van der Waals surface area (Å²) in [6.45, 7) is 5.09. The van der Waals surface area contributed by atoms with Crippen LogP contribution in [0, 0.1) is 11.3 Å². The molecule has 1 aromatic carbocycles. The lowest BCUT2D eigenvalue weighted by atomic mass is 9.98. The smallest absolute Gasteiger partial charge is 0.354 e. The molecule has 1 aromatic rings. The fourth-order valence-corrected chi connectivity index (χ4v) is 9.33. The fourth-order valence-electron chi connectivity index (χ4n) is 8.73. The van der Waals surface area contributed by atoms with Crippen LogP contribution in [0.25, 0.3) is 0 Å². The van der Waals surface area contributed by atoms with Gasteiger partial charge >= 0.3 is 6.18 Å².